The van der Waals surface area contributed by atoms with Crippen LogP contribution in [0.1, 0.15) is 92.6 Å². The zero-order valence-electron chi connectivity index (χ0n) is 37.9. The molecule has 3 N–H and O–H groups in total. The number of thioether (sulfide) groups is 3. The maximum absolute atomic E-state index is 12.9. The number of aliphatic imine (C=N–C) groups is 3. The standard InChI is InChI=1S/C17H14N4O2S.C17H12N4OS.C17H13N3O3S.2CH4/c1-9-2-4-10(5-3-9)21-8-20-13-12-11(15(18)22)6-7-19-16(12)24-14(13)17(21)23;1-10-2-4-12(5-3-10)21-9-20-14-13-11(8-18)6-7-19-16(13)23-15(14)17(21)22;1-9-2-4-10(5-3-9)20-8-19-13-12-11(17(22)23)6-7-18-15(12)24-14(13)16(20)21;;/h2-8,13-14H,1H3,(H2,18,22);2-7,9,14-15H,1H3;2-8,13-14H,1H3,(H,22,23);2*1H4. The molecule has 0 saturated heterocycles. The summed E-state index contributed by atoms with van der Waals surface area (Å²) in [6.07, 6.45) is 9.18. The highest BCUT2D eigenvalue weighted by molar-refractivity contribution is 8.01. The lowest BCUT2D eigenvalue weighted by Gasteiger charge is -2.28. The monoisotopic (exact) mass is 1030 g/mol. The van der Waals surface area contributed by atoms with Crippen LogP contribution in [0.2, 0.25) is 0 Å². The van der Waals surface area contributed by atoms with Crippen LogP contribution in [-0.2, 0) is 14.4 Å². The van der Waals surface area contributed by atoms with Gasteiger partial charge in [-0.05, 0) is 75.4 Å². The molecule has 0 bridgehead atoms. The number of aryl methyl sites for hydroxylation is 3. The number of carboxylic acid groups (broad SMARTS) is 1. The van der Waals surface area contributed by atoms with Gasteiger partial charge in [0.05, 0.1) is 36.2 Å². The third-order valence-corrected chi connectivity index (χ3v) is 16.1. The number of pyridine rings is 3. The number of aromatic nitrogens is 3. The van der Waals surface area contributed by atoms with Crippen molar-refractivity contribution in [3.8, 4) is 6.07 Å². The molecule has 3 aromatic heterocycles. The normalized spacial score (nSPS) is 21.0. The summed E-state index contributed by atoms with van der Waals surface area (Å²) in [7, 11) is 0. The molecular formula is C53H47N11O6S3. The lowest BCUT2D eigenvalue weighted by molar-refractivity contribution is -0.118. The van der Waals surface area contributed by atoms with Gasteiger partial charge in [-0.1, -0.05) is 103 Å². The van der Waals surface area contributed by atoms with Crippen molar-refractivity contribution in [2.45, 2.75) is 84.6 Å². The number of aromatic carboxylic acids is 1. The van der Waals surface area contributed by atoms with Crippen molar-refractivity contribution in [2.75, 3.05) is 14.7 Å². The molecule has 9 heterocycles. The average Bonchev–Trinajstić information content (AvgIpc) is 4.09. The van der Waals surface area contributed by atoms with E-state index in [1.165, 1.54) is 71.3 Å². The predicted octanol–water partition coefficient (Wildman–Crippen LogP) is 8.88. The molecule has 6 aromatic rings. The summed E-state index contributed by atoms with van der Waals surface area (Å²) < 4.78 is 0. The average molecular weight is 1030 g/mol. The molecule has 4 amide bonds. The first-order chi connectivity index (χ1) is 34.3. The summed E-state index contributed by atoms with van der Waals surface area (Å²) in [5, 5.41) is 19.3. The van der Waals surface area contributed by atoms with Gasteiger partial charge in [0.2, 0.25) is 23.6 Å². The number of nitrogens with two attached hydrogens (primary N) is 1. The van der Waals surface area contributed by atoms with Crippen molar-refractivity contribution < 1.29 is 29.1 Å². The highest BCUT2D eigenvalue weighted by Gasteiger charge is 2.48. The van der Waals surface area contributed by atoms with Crippen LogP contribution in [0.25, 0.3) is 0 Å². The molecule has 12 rings (SSSR count). The summed E-state index contributed by atoms with van der Waals surface area (Å²) in [5.74, 6) is -1.77. The molecule has 6 atom stereocenters. The van der Waals surface area contributed by atoms with Gasteiger partial charge in [0.15, 0.2) is 0 Å². The molecule has 0 saturated carbocycles. The first kappa shape index (κ1) is 51.4. The Hall–Kier alpha value is -7.99. The second kappa shape index (κ2) is 21.0. The summed E-state index contributed by atoms with van der Waals surface area (Å²) in [5.41, 5.74) is 14.2. The SMILES string of the molecule is C.C.Cc1ccc(N2C=NC3c4c(C#N)ccnc4SC3C2=O)cc1.Cc1ccc(N2C=NC3c4c(C(=O)O)ccnc4SC3C2=O)cc1.Cc1ccc(N2C=NC3c4c(C(N)=O)ccnc4SC3C2=O)cc1. The van der Waals surface area contributed by atoms with Crippen molar-refractivity contribution in [1.29, 1.82) is 5.26 Å². The maximum Gasteiger partial charge on any atom is 0.336 e. The number of amides is 4. The molecule has 0 fully saturated rings. The van der Waals surface area contributed by atoms with Gasteiger partial charge in [-0.3, -0.25) is 48.9 Å². The Bertz CT molecular complexity index is 3180. The van der Waals surface area contributed by atoms with E-state index in [1.807, 2.05) is 93.6 Å². The minimum atomic E-state index is -1.03. The smallest absolute Gasteiger partial charge is 0.336 e. The van der Waals surface area contributed by atoms with Crippen molar-refractivity contribution in [1.82, 2.24) is 15.0 Å². The molecule has 368 valence electrons. The fourth-order valence-corrected chi connectivity index (χ4v) is 12.5. The molecule has 73 heavy (non-hydrogen) atoms. The van der Waals surface area contributed by atoms with Gasteiger partial charge < -0.3 is 10.8 Å². The second-order valence-electron chi connectivity index (χ2n) is 16.9. The van der Waals surface area contributed by atoms with Gasteiger partial charge in [0, 0.05) is 57.9 Å². The van der Waals surface area contributed by atoms with E-state index in [0.29, 0.717) is 32.3 Å². The van der Waals surface area contributed by atoms with E-state index in [1.54, 1.807) is 34.5 Å². The molecule has 0 aliphatic carbocycles. The Labute approximate surface area is 433 Å². The van der Waals surface area contributed by atoms with Crippen LogP contribution in [0.15, 0.2) is 140 Å². The molecule has 17 nitrogen and oxygen atoms in total. The Morgan fingerprint density at radius 2 is 0.863 bits per heavy atom. The first-order valence-electron chi connectivity index (χ1n) is 22.0. The number of carboxylic acids is 1. The van der Waals surface area contributed by atoms with Crippen molar-refractivity contribution >= 4 is 101 Å². The van der Waals surface area contributed by atoms with Crippen LogP contribution in [0.4, 0.5) is 17.1 Å². The first-order valence-corrected chi connectivity index (χ1v) is 24.6. The molecule has 20 heteroatoms. The third-order valence-electron chi connectivity index (χ3n) is 12.3. The molecule has 6 unspecified atom stereocenters. The number of carbonyl (C=O) groups is 5. The topological polar surface area (TPSA) is 241 Å². The van der Waals surface area contributed by atoms with Gasteiger partial charge in [0.25, 0.3) is 0 Å². The Morgan fingerprint density at radius 1 is 0.534 bits per heavy atom. The van der Waals surface area contributed by atoms with Crippen LogP contribution < -0.4 is 20.4 Å². The molecule has 0 spiro atoms. The Kier molecular flexibility index (Phi) is 14.8. The largest absolute Gasteiger partial charge is 0.478 e. The fraction of sp³-hybridized carbons (Fsp3) is 0.208. The lowest BCUT2D eigenvalue weighted by Crippen LogP contribution is -2.42. The van der Waals surface area contributed by atoms with Gasteiger partial charge >= 0.3 is 5.97 Å². The number of hydrogen-bond donors (Lipinski definition) is 2. The van der Waals surface area contributed by atoms with E-state index >= 15 is 0 Å². The number of fused-ring (bicyclic) bond motifs is 9. The van der Waals surface area contributed by atoms with Crippen LogP contribution in [0, 0.1) is 32.1 Å². The van der Waals surface area contributed by atoms with E-state index in [2.05, 4.69) is 36.0 Å². The second-order valence-corrected chi connectivity index (χ2v) is 20.3. The molecule has 3 aromatic carbocycles. The zero-order chi connectivity index (χ0) is 49.7. The minimum absolute atomic E-state index is 0. The van der Waals surface area contributed by atoms with E-state index in [9.17, 15) is 34.3 Å². The fourth-order valence-electron chi connectivity index (χ4n) is 8.72. The summed E-state index contributed by atoms with van der Waals surface area (Å²) >= 11 is 4.01. The number of carbonyl (C=O) groups excluding carboxylic acids is 4. The van der Waals surface area contributed by atoms with E-state index in [0.717, 1.165) is 44.3 Å². The van der Waals surface area contributed by atoms with Gasteiger partial charge in [-0.2, -0.15) is 5.26 Å². The number of rotatable bonds is 5. The summed E-state index contributed by atoms with van der Waals surface area (Å²) in [6, 6.07) is 28.7. The highest BCUT2D eigenvalue weighted by atomic mass is 32.2. The van der Waals surface area contributed by atoms with Gasteiger partial charge in [0.1, 0.15) is 49.0 Å². The Morgan fingerprint density at radius 3 is 1.22 bits per heavy atom. The van der Waals surface area contributed by atoms with E-state index < -0.39 is 34.5 Å². The molecule has 6 aliphatic rings. The van der Waals surface area contributed by atoms with Crippen molar-refractivity contribution in [3.63, 3.8) is 0 Å². The lowest BCUT2D eigenvalue weighted by atomic mass is 9.98. The van der Waals surface area contributed by atoms with Crippen LogP contribution in [-0.4, -0.2) is 84.4 Å². The van der Waals surface area contributed by atoms with Crippen molar-refractivity contribution in [2.24, 2.45) is 20.7 Å². The quantitative estimate of drug-likeness (QED) is 0.164. The predicted molar refractivity (Wildman–Crippen MR) is 285 cm³/mol. The van der Waals surface area contributed by atoms with Crippen molar-refractivity contribution in [3.05, 3.63) is 160 Å². The van der Waals surface area contributed by atoms with Crippen LogP contribution in [0.3, 0.4) is 0 Å². The molecule has 6 aliphatic heterocycles. The minimum Gasteiger partial charge on any atom is -0.478 e. The van der Waals surface area contributed by atoms with Gasteiger partial charge in [-0.25, -0.2) is 19.7 Å². The third kappa shape index (κ3) is 9.49. The summed E-state index contributed by atoms with van der Waals surface area (Å²) in [6.45, 7) is 5.98. The zero-order valence-corrected chi connectivity index (χ0v) is 40.3. The highest BCUT2D eigenvalue weighted by Crippen LogP contribution is 2.51. The Balaban J connectivity index is 0.000000144. The van der Waals surface area contributed by atoms with Crippen LogP contribution in [0.5, 0.6) is 0 Å². The van der Waals surface area contributed by atoms with Gasteiger partial charge in [-0.15, -0.1) is 0 Å². The molecule has 0 radical (unpaired) electrons. The number of nitriles is 1. The van der Waals surface area contributed by atoms with Crippen LogP contribution >= 0.6 is 35.3 Å². The maximum atomic E-state index is 12.9. The van der Waals surface area contributed by atoms with E-state index in [4.69, 9.17) is 5.73 Å². The number of hydrogen-bond acceptors (Lipinski definition) is 15. The molecular weight excluding hydrogens is 983 g/mol. The number of nitrogens with zero attached hydrogens (tertiary/aromatic N) is 10. The number of benzene rings is 3. The number of anilines is 3. The summed E-state index contributed by atoms with van der Waals surface area (Å²) in [4.78, 5) is 92.7. The number of primary amides is 1. The van der Waals surface area contributed by atoms with E-state index in [-0.39, 0.29) is 49.4 Å².